The van der Waals surface area contributed by atoms with Crippen LogP contribution >= 0.6 is 0 Å². The molecule has 0 spiro atoms. The van der Waals surface area contributed by atoms with Gasteiger partial charge in [-0.15, -0.1) is 0 Å². The molecule has 1 aliphatic rings. The zero-order valence-corrected chi connectivity index (χ0v) is 12.5. The second-order valence-corrected chi connectivity index (χ2v) is 5.35. The Bertz CT molecular complexity index is 416. The van der Waals surface area contributed by atoms with Crippen molar-refractivity contribution in [3.8, 4) is 0 Å². The summed E-state index contributed by atoms with van der Waals surface area (Å²) >= 11 is 0. The fourth-order valence-electron chi connectivity index (χ4n) is 2.27. The van der Waals surface area contributed by atoms with E-state index in [-0.39, 0.29) is 0 Å². The summed E-state index contributed by atoms with van der Waals surface area (Å²) in [7, 11) is 6.18. The highest BCUT2D eigenvalue weighted by Gasteiger charge is 2.23. The molecular weight excluding hydrogens is 238 g/mol. The molecular formula is C14H25N5. The van der Waals surface area contributed by atoms with Gasteiger partial charge in [-0.1, -0.05) is 0 Å². The fourth-order valence-corrected chi connectivity index (χ4v) is 2.27. The lowest BCUT2D eigenvalue weighted by atomic mass is 9.92. The highest BCUT2D eigenvalue weighted by molar-refractivity contribution is 5.51. The molecule has 1 saturated carbocycles. The van der Waals surface area contributed by atoms with Gasteiger partial charge in [-0.3, -0.25) is 0 Å². The van der Waals surface area contributed by atoms with Crippen molar-refractivity contribution >= 4 is 11.6 Å². The molecule has 5 nitrogen and oxygen atoms in total. The molecule has 106 valence electrons. The Morgan fingerprint density at radius 2 is 1.95 bits per heavy atom. The molecule has 5 heteroatoms. The van der Waals surface area contributed by atoms with Crippen LogP contribution < -0.4 is 15.1 Å². The van der Waals surface area contributed by atoms with Crippen LogP contribution in [-0.4, -0.2) is 50.2 Å². The van der Waals surface area contributed by atoms with Gasteiger partial charge in [0.25, 0.3) is 0 Å². The average Bonchev–Trinajstić information content (AvgIpc) is 2.33. The maximum Gasteiger partial charge on any atom is 0.134 e. The van der Waals surface area contributed by atoms with Gasteiger partial charge in [0.2, 0.25) is 0 Å². The SMILES string of the molecule is CNCCN(C)c1cc(N(C)C2CCC2)nc(C)n1. The number of hydrogen-bond donors (Lipinski definition) is 1. The molecule has 0 saturated heterocycles. The third-order valence-corrected chi connectivity index (χ3v) is 3.88. The monoisotopic (exact) mass is 263 g/mol. The maximum atomic E-state index is 4.57. The van der Waals surface area contributed by atoms with Crippen LogP contribution in [-0.2, 0) is 0 Å². The lowest BCUT2D eigenvalue weighted by Crippen LogP contribution is -2.38. The Balaban J connectivity index is 2.13. The minimum atomic E-state index is 0.657. The lowest BCUT2D eigenvalue weighted by Gasteiger charge is -2.36. The van der Waals surface area contributed by atoms with Gasteiger partial charge in [-0.05, 0) is 33.2 Å². The van der Waals surface area contributed by atoms with Crippen LogP contribution in [0.1, 0.15) is 25.1 Å². The predicted octanol–water partition coefficient (Wildman–Crippen LogP) is 1.43. The van der Waals surface area contributed by atoms with Gasteiger partial charge in [0.05, 0.1) is 0 Å². The van der Waals surface area contributed by atoms with E-state index in [2.05, 4.69) is 45.2 Å². The summed E-state index contributed by atoms with van der Waals surface area (Å²) in [5, 5.41) is 3.16. The number of nitrogens with zero attached hydrogens (tertiary/aromatic N) is 4. The second kappa shape index (κ2) is 6.19. The first-order chi connectivity index (χ1) is 9.11. The Morgan fingerprint density at radius 3 is 2.53 bits per heavy atom. The van der Waals surface area contributed by atoms with Gasteiger partial charge in [-0.2, -0.15) is 0 Å². The van der Waals surface area contributed by atoms with Crippen molar-refractivity contribution < 1.29 is 0 Å². The normalized spacial score (nSPS) is 15.2. The van der Waals surface area contributed by atoms with E-state index < -0.39 is 0 Å². The van der Waals surface area contributed by atoms with Crippen LogP contribution in [0.15, 0.2) is 6.07 Å². The number of aryl methyl sites for hydroxylation is 1. The molecule has 1 aromatic rings. The first-order valence-electron chi connectivity index (χ1n) is 7.06. The fraction of sp³-hybridized carbons (Fsp3) is 0.714. The van der Waals surface area contributed by atoms with Crippen molar-refractivity contribution in [1.82, 2.24) is 15.3 Å². The molecule has 0 atom stereocenters. The minimum Gasteiger partial charge on any atom is -0.358 e. The van der Waals surface area contributed by atoms with E-state index in [4.69, 9.17) is 0 Å². The topological polar surface area (TPSA) is 44.3 Å². The number of aromatic nitrogens is 2. The first-order valence-corrected chi connectivity index (χ1v) is 7.06. The molecule has 1 aliphatic carbocycles. The van der Waals surface area contributed by atoms with E-state index in [0.29, 0.717) is 6.04 Å². The number of likely N-dealkylation sites (N-methyl/N-ethyl adjacent to an activating group) is 2. The van der Waals surface area contributed by atoms with Crippen molar-refractivity contribution in [3.05, 3.63) is 11.9 Å². The van der Waals surface area contributed by atoms with E-state index in [1.807, 2.05) is 14.0 Å². The van der Waals surface area contributed by atoms with Crippen LogP contribution in [0.2, 0.25) is 0 Å². The lowest BCUT2D eigenvalue weighted by molar-refractivity contribution is 0.399. The zero-order valence-electron chi connectivity index (χ0n) is 12.5. The molecule has 0 aliphatic heterocycles. The summed E-state index contributed by atoms with van der Waals surface area (Å²) in [5.74, 6) is 2.89. The zero-order chi connectivity index (χ0) is 13.8. The summed E-state index contributed by atoms with van der Waals surface area (Å²) in [4.78, 5) is 13.6. The van der Waals surface area contributed by atoms with Crippen LogP contribution in [0.25, 0.3) is 0 Å². The molecule has 0 amide bonds. The second-order valence-electron chi connectivity index (χ2n) is 5.35. The van der Waals surface area contributed by atoms with Gasteiger partial charge >= 0.3 is 0 Å². The summed E-state index contributed by atoms with van der Waals surface area (Å²) in [6.07, 6.45) is 3.91. The summed E-state index contributed by atoms with van der Waals surface area (Å²) in [6, 6.07) is 2.76. The van der Waals surface area contributed by atoms with E-state index in [0.717, 1.165) is 30.5 Å². The Morgan fingerprint density at radius 1 is 1.26 bits per heavy atom. The van der Waals surface area contributed by atoms with E-state index >= 15 is 0 Å². The highest BCUT2D eigenvalue weighted by Crippen LogP contribution is 2.28. The Hall–Kier alpha value is -1.36. The Kier molecular flexibility index (Phi) is 4.58. The van der Waals surface area contributed by atoms with Crippen LogP contribution in [0.3, 0.4) is 0 Å². The molecule has 0 aromatic carbocycles. The largest absolute Gasteiger partial charge is 0.358 e. The third kappa shape index (κ3) is 3.35. The van der Waals surface area contributed by atoms with Gasteiger partial charge in [0.15, 0.2) is 0 Å². The molecule has 2 rings (SSSR count). The van der Waals surface area contributed by atoms with E-state index in [9.17, 15) is 0 Å². The first kappa shape index (κ1) is 14.1. The molecule has 1 aromatic heterocycles. The standard InChI is InChI=1S/C14H25N5/c1-11-16-13(18(3)9-8-15-2)10-14(17-11)19(4)12-6-5-7-12/h10,12,15H,5-9H2,1-4H3. The van der Waals surface area contributed by atoms with E-state index in [1.165, 1.54) is 19.3 Å². The van der Waals surface area contributed by atoms with Crippen LogP contribution in [0.5, 0.6) is 0 Å². The number of nitrogens with one attached hydrogen (secondary N) is 1. The van der Waals surface area contributed by atoms with E-state index in [1.54, 1.807) is 0 Å². The Labute approximate surface area is 116 Å². The van der Waals surface area contributed by atoms with Crippen molar-refractivity contribution in [2.45, 2.75) is 32.2 Å². The maximum absolute atomic E-state index is 4.57. The van der Waals surface area contributed by atoms with Crippen LogP contribution in [0, 0.1) is 6.92 Å². The summed E-state index contributed by atoms with van der Waals surface area (Å²) in [5.41, 5.74) is 0. The summed E-state index contributed by atoms with van der Waals surface area (Å²) < 4.78 is 0. The third-order valence-electron chi connectivity index (χ3n) is 3.88. The number of anilines is 2. The molecule has 1 heterocycles. The molecule has 1 fully saturated rings. The van der Waals surface area contributed by atoms with Crippen molar-refractivity contribution in [1.29, 1.82) is 0 Å². The summed E-state index contributed by atoms with van der Waals surface area (Å²) in [6.45, 7) is 3.86. The highest BCUT2D eigenvalue weighted by atomic mass is 15.2. The molecule has 0 unspecified atom stereocenters. The smallest absolute Gasteiger partial charge is 0.134 e. The van der Waals surface area contributed by atoms with Crippen molar-refractivity contribution in [2.24, 2.45) is 0 Å². The quantitative estimate of drug-likeness (QED) is 0.841. The number of hydrogen-bond acceptors (Lipinski definition) is 5. The van der Waals surface area contributed by atoms with Gasteiger partial charge in [0, 0.05) is 39.3 Å². The van der Waals surface area contributed by atoms with Crippen molar-refractivity contribution in [2.75, 3.05) is 44.0 Å². The number of rotatable bonds is 6. The van der Waals surface area contributed by atoms with Crippen molar-refractivity contribution in [3.63, 3.8) is 0 Å². The van der Waals surface area contributed by atoms with Crippen LogP contribution in [0.4, 0.5) is 11.6 Å². The van der Waals surface area contributed by atoms with Gasteiger partial charge in [0.1, 0.15) is 17.5 Å². The average molecular weight is 263 g/mol. The van der Waals surface area contributed by atoms with Gasteiger partial charge in [-0.25, -0.2) is 9.97 Å². The minimum absolute atomic E-state index is 0.657. The molecule has 0 bridgehead atoms. The molecule has 19 heavy (non-hydrogen) atoms. The van der Waals surface area contributed by atoms with Gasteiger partial charge < -0.3 is 15.1 Å². The molecule has 1 N–H and O–H groups in total. The predicted molar refractivity (Wildman–Crippen MR) is 80.0 cm³/mol. The molecule has 0 radical (unpaired) electrons.